The molecule has 178 valence electrons. The largest absolute Gasteiger partial charge is 0.305 e. The fourth-order valence-corrected chi connectivity index (χ4v) is 6.27. The third-order valence-corrected chi connectivity index (χ3v) is 8.41. The van der Waals surface area contributed by atoms with Gasteiger partial charge < -0.3 is 4.90 Å². The van der Waals surface area contributed by atoms with Crippen LogP contribution in [-0.2, 0) is 26.8 Å². The van der Waals surface area contributed by atoms with Gasteiger partial charge in [-0.25, -0.2) is 8.42 Å². The van der Waals surface area contributed by atoms with E-state index in [0.717, 1.165) is 38.8 Å². The van der Waals surface area contributed by atoms with Gasteiger partial charge in [0, 0.05) is 35.9 Å². The molecule has 0 unspecified atom stereocenters. The van der Waals surface area contributed by atoms with Crippen molar-refractivity contribution in [2.75, 3.05) is 24.2 Å². The minimum Gasteiger partial charge on any atom is -0.305 e. The van der Waals surface area contributed by atoms with Gasteiger partial charge in [-0.1, -0.05) is 54.6 Å². The molecule has 3 aromatic carbocycles. The van der Waals surface area contributed by atoms with Crippen LogP contribution in [0, 0.1) is 11.3 Å². The molecule has 1 saturated heterocycles. The van der Waals surface area contributed by atoms with Crippen LogP contribution < -0.4 is 4.90 Å². The van der Waals surface area contributed by atoms with Gasteiger partial charge in [-0.2, -0.15) is 9.57 Å². The molecule has 6 rings (SSSR count). The first-order chi connectivity index (χ1) is 17.3. The van der Waals surface area contributed by atoms with Crippen molar-refractivity contribution in [1.82, 2.24) is 9.29 Å². The van der Waals surface area contributed by atoms with Crippen LogP contribution in [-0.4, -0.2) is 43.0 Å². The number of carbonyl (C=O) groups excluding carboxylic acids is 1. The smallest absolute Gasteiger partial charge is 0.240 e. The summed E-state index contributed by atoms with van der Waals surface area (Å²) in [6, 6.07) is 25.1. The van der Waals surface area contributed by atoms with Crippen molar-refractivity contribution < 1.29 is 13.2 Å². The highest BCUT2D eigenvalue weighted by Gasteiger charge is 2.60. The van der Waals surface area contributed by atoms with Crippen LogP contribution in [0.1, 0.15) is 16.8 Å². The standard InChI is InChI=1S/C28H22N4O3S/c1-36(34,35)31-17-28(18-31)23-8-4-5-9-25(23)32(27(28)33)16-24-26(20-12-10-19(14-29)11-13-20)22-7-3-2-6-21(22)15-30-24/h2-13,15H,16-18H2,1H3. The first kappa shape index (κ1) is 22.4. The molecule has 1 fully saturated rings. The fourth-order valence-electron chi connectivity index (χ4n) is 5.36. The zero-order valence-corrected chi connectivity index (χ0v) is 20.4. The topological polar surface area (TPSA) is 94.4 Å². The van der Waals surface area contributed by atoms with E-state index in [1.807, 2.05) is 66.9 Å². The van der Waals surface area contributed by atoms with E-state index in [2.05, 4.69) is 6.07 Å². The van der Waals surface area contributed by atoms with E-state index in [1.165, 1.54) is 10.6 Å². The lowest BCUT2D eigenvalue weighted by atomic mass is 9.76. The number of rotatable bonds is 4. The van der Waals surface area contributed by atoms with E-state index in [9.17, 15) is 18.5 Å². The summed E-state index contributed by atoms with van der Waals surface area (Å²) in [5, 5.41) is 11.2. The van der Waals surface area contributed by atoms with Gasteiger partial charge in [0.15, 0.2) is 0 Å². The lowest BCUT2D eigenvalue weighted by molar-refractivity contribution is -0.127. The van der Waals surface area contributed by atoms with Crippen molar-refractivity contribution in [2.24, 2.45) is 0 Å². The second-order valence-corrected chi connectivity index (χ2v) is 11.4. The van der Waals surface area contributed by atoms with Crippen LogP contribution in [0.4, 0.5) is 5.69 Å². The summed E-state index contributed by atoms with van der Waals surface area (Å²) in [5.74, 6) is -0.107. The first-order valence-corrected chi connectivity index (χ1v) is 13.4. The predicted molar refractivity (Wildman–Crippen MR) is 138 cm³/mol. The summed E-state index contributed by atoms with van der Waals surface area (Å²) in [6.07, 6.45) is 2.99. The van der Waals surface area contributed by atoms with Crippen LogP contribution in [0.5, 0.6) is 0 Å². The van der Waals surface area contributed by atoms with Crippen LogP contribution in [0.15, 0.2) is 79.0 Å². The summed E-state index contributed by atoms with van der Waals surface area (Å²) in [4.78, 5) is 20.4. The minimum absolute atomic E-state index is 0.107. The van der Waals surface area contributed by atoms with E-state index >= 15 is 0 Å². The van der Waals surface area contributed by atoms with Crippen LogP contribution in [0.3, 0.4) is 0 Å². The van der Waals surface area contributed by atoms with E-state index in [0.29, 0.717) is 5.56 Å². The van der Waals surface area contributed by atoms with Gasteiger partial charge in [0.2, 0.25) is 15.9 Å². The molecular formula is C28H22N4O3S. The Kier molecular flexibility index (Phi) is 4.97. The molecule has 2 aliphatic rings. The number of amides is 1. The number of hydrogen-bond acceptors (Lipinski definition) is 5. The first-order valence-electron chi connectivity index (χ1n) is 11.6. The minimum atomic E-state index is -3.38. The number of para-hydroxylation sites is 1. The highest BCUT2D eigenvalue weighted by molar-refractivity contribution is 7.88. The highest BCUT2D eigenvalue weighted by atomic mass is 32.2. The lowest BCUT2D eigenvalue weighted by Gasteiger charge is -2.45. The van der Waals surface area contributed by atoms with Crippen LogP contribution >= 0.6 is 0 Å². The van der Waals surface area contributed by atoms with Crippen LogP contribution in [0.2, 0.25) is 0 Å². The molecule has 0 N–H and O–H groups in total. The Morgan fingerprint density at radius 3 is 2.42 bits per heavy atom. The summed E-state index contributed by atoms with van der Waals surface area (Å²) in [5.41, 5.74) is 3.90. The van der Waals surface area contributed by atoms with Gasteiger partial charge >= 0.3 is 0 Å². The maximum absolute atomic E-state index is 13.9. The normalized spacial score (nSPS) is 16.7. The van der Waals surface area contributed by atoms with Gasteiger partial charge in [-0.3, -0.25) is 9.78 Å². The van der Waals surface area contributed by atoms with Crippen molar-refractivity contribution in [1.29, 1.82) is 5.26 Å². The second-order valence-electron chi connectivity index (χ2n) is 9.38. The number of anilines is 1. The van der Waals surface area contributed by atoms with E-state index in [1.54, 1.807) is 17.0 Å². The van der Waals surface area contributed by atoms with Gasteiger partial charge in [0.05, 0.1) is 30.1 Å². The zero-order chi connectivity index (χ0) is 25.1. The average Bonchev–Trinajstić information content (AvgIpc) is 3.10. The van der Waals surface area contributed by atoms with E-state index in [4.69, 9.17) is 4.98 Å². The van der Waals surface area contributed by atoms with Crippen molar-refractivity contribution >= 4 is 32.4 Å². The number of aromatic nitrogens is 1. The van der Waals surface area contributed by atoms with Crippen molar-refractivity contribution in [3.8, 4) is 17.2 Å². The maximum Gasteiger partial charge on any atom is 0.240 e. The van der Waals surface area contributed by atoms with Crippen molar-refractivity contribution in [3.63, 3.8) is 0 Å². The van der Waals surface area contributed by atoms with Gasteiger partial charge in [-0.15, -0.1) is 0 Å². The maximum atomic E-state index is 13.9. The summed E-state index contributed by atoms with van der Waals surface area (Å²) >= 11 is 0. The molecule has 1 amide bonds. The third kappa shape index (κ3) is 3.32. The zero-order valence-electron chi connectivity index (χ0n) is 19.5. The SMILES string of the molecule is CS(=O)(=O)N1CC2(C1)C(=O)N(Cc1ncc3ccccc3c1-c1ccc(C#N)cc1)c1ccccc12. The average molecular weight is 495 g/mol. The van der Waals surface area contributed by atoms with Crippen LogP contribution in [0.25, 0.3) is 21.9 Å². The van der Waals surface area contributed by atoms with Gasteiger partial charge in [0.1, 0.15) is 5.41 Å². The number of fused-ring (bicyclic) bond motifs is 3. The molecule has 36 heavy (non-hydrogen) atoms. The molecule has 8 heteroatoms. The molecule has 0 bridgehead atoms. The number of nitrogens with zero attached hydrogens (tertiary/aromatic N) is 4. The molecular weight excluding hydrogens is 472 g/mol. The molecule has 0 radical (unpaired) electrons. The molecule has 1 aromatic heterocycles. The number of nitriles is 1. The molecule has 7 nitrogen and oxygen atoms in total. The number of sulfonamides is 1. The Labute approximate surface area is 209 Å². The summed E-state index contributed by atoms with van der Waals surface area (Å²) < 4.78 is 25.5. The Bertz CT molecular complexity index is 1680. The predicted octanol–water partition coefficient (Wildman–Crippen LogP) is 3.83. The Morgan fingerprint density at radius 1 is 1.00 bits per heavy atom. The Morgan fingerprint density at radius 2 is 1.69 bits per heavy atom. The second kappa shape index (κ2) is 7.98. The van der Waals surface area contributed by atoms with Crippen molar-refractivity contribution in [2.45, 2.75) is 12.0 Å². The van der Waals surface area contributed by atoms with E-state index in [-0.39, 0.29) is 25.5 Å². The molecule has 3 heterocycles. The molecule has 0 saturated carbocycles. The highest BCUT2D eigenvalue weighted by Crippen LogP contribution is 2.48. The summed E-state index contributed by atoms with van der Waals surface area (Å²) in [6.45, 7) is 0.536. The number of pyridine rings is 1. The fraction of sp³-hybridized carbons (Fsp3) is 0.179. The monoisotopic (exact) mass is 494 g/mol. The molecule has 2 aliphatic heterocycles. The lowest BCUT2D eigenvalue weighted by Crippen LogP contribution is -2.64. The number of benzene rings is 3. The number of hydrogen-bond donors (Lipinski definition) is 0. The van der Waals surface area contributed by atoms with E-state index < -0.39 is 15.4 Å². The molecule has 4 aromatic rings. The van der Waals surface area contributed by atoms with Crippen molar-refractivity contribution in [3.05, 3.63) is 95.8 Å². The molecule has 0 aliphatic carbocycles. The quantitative estimate of drug-likeness (QED) is 0.430. The van der Waals surface area contributed by atoms with Gasteiger partial charge in [-0.05, 0) is 34.7 Å². The van der Waals surface area contributed by atoms with Gasteiger partial charge in [0.25, 0.3) is 0 Å². The molecule has 0 atom stereocenters. The third-order valence-electron chi connectivity index (χ3n) is 7.22. The Hall–Kier alpha value is -4.06. The Balaban J connectivity index is 1.46. The summed E-state index contributed by atoms with van der Waals surface area (Å²) in [7, 11) is -3.38. The number of carbonyl (C=O) groups is 1. The molecule has 1 spiro atoms.